The lowest BCUT2D eigenvalue weighted by Gasteiger charge is -2.24. The highest BCUT2D eigenvalue weighted by Crippen LogP contribution is 2.47. The quantitative estimate of drug-likeness (QED) is 0.864. The number of likely N-dealkylation sites (tertiary alicyclic amines) is 1. The number of nitrogens with one attached hydrogen (secondary N) is 1. The number of piperidine rings is 1. The molecule has 0 aromatic heterocycles. The molecule has 0 aromatic carbocycles. The molecule has 4 aliphatic rings. The van der Waals surface area contributed by atoms with E-state index >= 15 is 0 Å². The number of rotatable bonds is 3. The van der Waals surface area contributed by atoms with Crippen molar-refractivity contribution in [2.24, 2.45) is 17.8 Å². The van der Waals surface area contributed by atoms with Crippen LogP contribution in [0.25, 0.3) is 0 Å². The van der Waals surface area contributed by atoms with Crippen molar-refractivity contribution in [3.8, 4) is 0 Å². The number of carbonyl (C=O) groups is 1. The summed E-state index contributed by atoms with van der Waals surface area (Å²) in [5.41, 5.74) is 0. The molecule has 4 atom stereocenters. The van der Waals surface area contributed by atoms with Crippen molar-refractivity contribution >= 4 is 18.3 Å². The Hall–Kier alpha value is -0.320. The number of nitrogens with zero attached hydrogens (tertiary/aromatic N) is 1. The van der Waals surface area contributed by atoms with Crippen LogP contribution in [0.2, 0.25) is 0 Å². The second kappa shape index (κ2) is 6.43. The van der Waals surface area contributed by atoms with Crippen molar-refractivity contribution in [3.05, 3.63) is 0 Å². The highest BCUT2D eigenvalue weighted by Gasteiger charge is 2.53. The molecular weight excluding hydrogens is 288 g/mol. The molecule has 2 bridgehead atoms. The Kier molecular flexibility index (Phi) is 4.77. The fourth-order valence-electron chi connectivity index (χ4n) is 4.82. The van der Waals surface area contributed by atoms with Crippen LogP contribution in [0.15, 0.2) is 0 Å². The molecule has 21 heavy (non-hydrogen) atoms. The number of fused-ring (bicyclic) bond motifs is 5. The van der Waals surface area contributed by atoms with E-state index in [0.717, 1.165) is 44.9 Å². The maximum atomic E-state index is 12.4. The maximum absolute atomic E-state index is 12.4. The first-order valence-electron chi connectivity index (χ1n) is 8.45. The van der Waals surface area contributed by atoms with E-state index in [-0.39, 0.29) is 12.4 Å². The second-order valence-electron chi connectivity index (χ2n) is 7.15. The molecule has 0 aliphatic carbocycles. The van der Waals surface area contributed by atoms with Gasteiger partial charge in [0, 0.05) is 31.3 Å². The summed E-state index contributed by atoms with van der Waals surface area (Å²) in [7, 11) is 0. The van der Waals surface area contributed by atoms with Gasteiger partial charge in [0.25, 0.3) is 0 Å². The van der Waals surface area contributed by atoms with Gasteiger partial charge in [-0.3, -0.25) is 4.79 Å². The predicted octanol–water partition coefficient (Wildman–Crippen LogP) is 1.82. The van der Waals surface area contributed by atoms with Gasteiger partial charge in [-0.2, -0.15) is 0 Å². The minimum Gasteiger partial charge on any atom is -0.374 e. The van der Waals surface area contributed by atoms with E-state index in [1.807, 2.05) is 0 Å². The number of amides is 1. The summed E-state index contributed by atoms with van der Waals surface area (Å²) in [6.45, 7) is 4.20. The summed E-state index contributed by atoms with van der Waals surface area (Å²) < 4.78 is 5.98. The van der Waals surface area contributed by atoms with E-state index in [4.69, 9.17) is 4.74 Å². The molecule has 0 aromatic rings. The molecule has 4 unspecified atom stereocenters. The molecule has 1 N–H and O–H groups in total. The summed E-state index contributed by atoms with van der Waals surface area (Å²) in [4.78, 5) is 14.6. The van der Waals surface area contributed by atoms with Gasteiger partial charge >= 0.3 is 0 Å². The standard InChI is InChI=1S/C16H26N2O2.ClH/c19-16(4-1-11-5-7-17-8-6-11)18-9-12-13(10-18)15-3-2-14(12)20-15;/h11-15,17H,1-10H2;1H. The Morgan fingerprint density at radius 1 is 1.05 bits per heavy atom. The molecular formula is C16H27ClN2O2. The van der Waals surface area contributed by atoms with Crippen molar-refractivity contribution in [2.75, 3.05) is 26.2 Å². The van der Waals surface area contributed by atoms with E-state index in [9.17, 15) is 4.79 Å². The first-order chi connectivity index (χ1) is 9.81. The van der Waals surface area contributed by atoms with Gasteiger partial charge in [-0.1, -0.05) is 0 Å². The van der Waals surface area contributed by atoms with Crippen LogP contribution < -0.4 is 5.32 Å². The monoisotopic (exact) mass is 314 g/mol. The third-order valence-electron chi connectivity index (χ3n) is 6.03. The van der Waals surface area contributed by atoms with Gasteiger partial charge in [0.15, 0.2) is 0 Å². The molecule has 4 nitrogen and oxygen atoms in total. The van der Waals surface area contributed by atoms with Gasteiger partial charge in [0.05, 0.1) is 12.2 Å². The Morgan fingerprint density at radius 3 is 2.29 bits per heavy atom. The van der Waals surface area contributed by atoms with Crippen molar-refractivity contribution in [3.63, 3.8) is 0 Å². The average molecular weight is 315 g/mol. The lowest BCUT2D eigenvalue weighted by Crippen LogP contribution is -2.32. The summed E-state index contributed by atoms with van der Waals surface area (Å²) in [5.74, 6) is 2.47. The zero-order valence-electron chi connectivity index (χ0n) is 12.6. The minimum atomic E-state index is 0. The molecule has 4 aliphatic heterocycles. The number of hydrogen-bond donors (Lipinski definition) is 1. The molecule has 4 fully saturated rings. The van der Waals surface area contributed by atoms with E-state index < -0.39 is 0 Å². The van der Waals surface area contributed by atoms with Crippen LogP contribution in [0.3, 0.4) is 0 Å². The molecule has 4 saturated heterocycles. The minimum absolute atomic E-state index is 0. The van der Waals surface area contributed by atoms with Crippen LogP contribution in [0, 0.1) is 17.8 Å². The lowest BCUT2D eigenvalue weighted by molar-refractivity contribution is -0.131. The number of ether oxygens (including phenoxy) is 1. The molecule has 0 radical (unpaired) electrons. The summed E-state index contributed by atoms with van der Waals surface area (Å²) >= 11 is 0. The maximum Gasteiger partial charge on any atom is 0.222 e. The molecule has 0 saturated carbocycles. The highest BCUT2D eigenvalue weighted by atomic mass is 35.5. The average Bonchev–Trinajstić information content (AvgIpc) is 3.17. The fourth-order valence-corrected chi connectivity index (χ4v) is 4.82. The van der Waals surface area contributed by atoms with Crippen molar-refractivity contribution in [1.82, 2.24) is 10.2 Å². The normalized spacial score (nSPS) is 38.4. The summed E-state index contributed by atoms with van der Waals surface area (Å²) in [6, 6.07) is 0. The fraction of sp³-hybridized carbons (Fsp3) is 0.938. The number of carbonyl (C=O) groups excluding carboxylic acids is 1. The zero-order valence-corrected chi connectivity index (χ0v) is 13.4. The summed E-state index contributed by atoms with van der Waals surface area (Å²) in [6.07, 6.45) is 7.73. The van der Waals surface area contributed by atoms with Gasteiger partial charge in [-0.15, -0.1) is 12.4 Å². The Balaban J connectivity index is 0.00000132. The third-order valence-corrected chi connectivity index (χ3v) is 6.03. The van der Waals surface area contributed by atoms with Gasteiger partial charge in [0.1, 0.15) is 0 Å². The first-order valence-corrected chi connectivity index (χ1v) is 8.45. The molecule has 120 valence electrons. The van der Waals surface area contributed by atoms with Crippen molar-refractivity contribution < 1.29 is 9.53 Å². The number of halogens is 1. The van der Waals surface area contributed by atoms with Gasteiger partial charge in [-0.25, -0.2) is 0 Å². The molecule has 4 heterocycles. The molecule has 4 rings (SSSR count). The first kappa shape index (κ1) is 15.6. The molecule has 1 amide bonds. The Bertz CT molecular complexity index is 368. The predicted molar refractivity (Wildman–Crippen MR) is 83.5 cm³/mol. The van der Waals surface area contributed by atoms with Crippen LogP contribution >= 0.6 is 12.4 Å². The van der Waals surface area contributed by atoms with E-state index in [1.54, 1.807) is 0 Å². The van der Waals surface area contributed by atoms with Gasteiger partial charge in [-0.05, 0) is 51.1 Å². The van der Waals surface area contributed by atoms with E-state index in [0.29, 0.717) is 30.0 Å². The van der Waals surface area contributed by atoms with Crippen LogP contribution in [0.4, 0.5) is 0 Å². The van der Waals surface area contributed by atoms with E-state index in [1.165, 1.54) is 25.7 Å². The Labute approximate surface area is 133 Å². The van der Waals surface area contributed by atoms with Crippen molar-refractivity contribution in [2.45, 2.75) is 50.7 Å². The van der Waals surface area contributed by atoms with Gasteiger partial charge < -0.3 is 15.0 Å². The summed E-state index contributed by atoms with van der Waals surface area (Å²) in [5, 5.41) is 3.39. The topological polar surface area (TPSA) is 41.6 Å². The molecule has 5 heteroatoms. The van der Waals surface area contributed by atoms with Crippen LogP contribution in [0.1, 0.15) is 38.5 Å². The number of hydrogen-bond acceptors (Lipinski definition) is 3. The van der Waals surface area contributed by atoms with Crippen LogP contribution in [-0.4, -0.2) is 49.2 Å². The third kappa shape index (κ3) is 2.95. The van der Waals surface area contributed by atoms with Crippen LogP contribution in [-0.2, 0) is 9.53 Å². The van der Waals surface area contributed by atoms with E-state index in [2.05, 4.69) is 10.2 Å². The zero-order chi connectivity index (χ0) is 13.5. The lowest BCUT2D eigenvalue weighted by atomic mass is 9.82. The van der Waals surface area contributed by atoms with Gasteiger partial charge in [0.2, 0.25) is 5.91 Å². The smallest absolute Gasteiger partial charge is 0.222 e. The highest BCUT2D eigenvalue weighted by molar-refractivity contribution is 5.85. The molecule has 0 spiro atoms. The Morgan fingerprint density at radius 2 is 1.67 bits per heavy atom. The second-order valence-corrected chi connectivity index (χ2v) is 7.15. The van der Waals surface area contributed by atoms with Crippen molar-refractivity contribution in [1.29, 1.82) is 0 Å². The largest absolute Gasteiger partial charge is 0.374 e. The SMILES string of the molecule is Cl.O=C(CCC1CCNCC1)N1CC2C3CCC(O3)C2C1. The van der Waals surface area contributed by atoms with Crippen LogP contribution in [0.5, 0.6) is 0 Å².